The van der Waals surface area contributed by atoms with Crippen molar-refractivity contribution >= 4 is 5.97 Å². The molecule has 0 aromatic carbocycles. The molecule has 16 heavy (non-hydrogen) atoms. The molecule has 0 amide bonds. The zero-order valence-electron chi connectivity index (χ0n) is 8.66. The van der Waals surface area contributed by atoms with Crippen LogP contribution in [0.2, 0.25) is 0 Å². The molecule has 0 saturated carbocycles. The standard InChI is InChI=1S/C10H10N4O2/c1-2-14-4-3-11-9(14)7-5-12-8(10(15)16)13-6-7/h3-6H,2H2,1H3,(H,15,16). The van der Waals surface area contributed by atoms with Gasteiger partial charge in [0, 0.05) is 31.3 Å². The Hall–Kier alpha value is -2.24. The number of aromatic carboxylic acids is 1. The summed E-state index contributed by atoms with van der Waals surface area (Å²) in [4.78, 5) is 22.2. The number of carboxylic acid groups (broad SMARTS) is 1. The molecule has 0 aliphatic carbocycles. The van der Waals surface area contributed by atoms with Gasteiger partial charge in [0.15, 0.2) is 0 Å². The van der Waals surface area contributed by atoms with Crippen LogP contribution in [0.15, 0.2) is 24.8 Å². The molecule has 2 aromatic rings. The van der Waals surface area contributed by atoms with Gasteiger partial charge in [-0.2, -0.15) is 0 Å². The maximum absolute atomic E-state index is 10.6. The molecule has 1 N–H and O–H groups in total. The predicted octanol–water partition coefficient (Wildman–Crippen LogP) is 1.06. The van der Waals surface area contributed by atoms with Crippen LogP contribution in [0.3, 0.4) is 0 Å². The zero-order valence-corrected chi connectivity index (χ0v) is 8.66. The topological polar surface area (TPSA) is 80.9 Å². The van der Waals surface area contributed by atoms with Crippen LogP contribution in [0.1, 0.15) is 17.5 Å². The van der Waals surface area contributed by atoms with E-state index in [1.807, 2.05) is 17.7 Å². The second kappa shape index (κ2) is 4.09. The Bertz CT molecular complexity index is 504. The van der Waals surface area contributed by atoms with Gasteiger partial charge in [0.05, 0.1) is 5.56 Å². The first kappa shape index (κ1) is 10.3. The monoisotopic (exact) mass is 218 g/mol. The van der Waals surface area contributed by atoms with E-state index in [0.29, 0.717) is 5.56 Å². The minimum atomic E-state index is -1.13. The predicted molar refractivity (Wildman–Crippen MR) is 55.9 cm³/mol. The lowest BCUT2D eigenvalue weighted by molar-refractivity contribution is 0.0683. The van der Waals surface area contributed by atoms with Crippen molar-refractivity contribution in [2.75, 3.05) is 0 Å². The number of imidazole rings is 1. The summed E-state index contributed by atoms with van der Waals surface area (Å²) in [5, 5.41) is 8.66. The number of carboxylic acids is 1. The molecule has 0 aliphatic heterocycles. The Morgan fingerprint density at radius 1 is 1.38 bits per heavy atom. The van der Waals surface area contributed by atoms with Crippen LogP contribution >= 0.6 is 0 Å². The minimum absolute atomic E-state index is 0.210. The highest BCUT2D eigenvalue weighted by Crippen LogP contribution is 2.14. The van der Waals surface area contributed by atoms with Crippen LogP contribution in [0.25, 0.3) is 11.4 Å². The van der Waals surface area contributed by atoms with Crippen LogP contribution in [0.4, 0.5) is 0 Å². The molecule has 0 bridgehead atoms. The molecule has 2 rings (SSSR count). The lowest BCUT2D eigenvalue weighted by Gasteiger charge is -2.03. The second-order valence-electron chi connectivity index (χ2n) is 3.14. The number of rotatable bonds is 3. The van der Waals surface area contributed by atoms with Crippen molar-refractivity contribution in [3.63, 3.8) is 0 Å². The van der Waals surface area contributed by atoms with E-state index in [-0.39, 0.29) is 5.82 Å². The molecule has 6 nitrogen and oxygen atoms in total. The largest absolute Gasteiger partial charge is 0.475 e. The Balaban J connectivity index is 2.38. The van der Waals surface area contributed by atoms with Crippen LogP contribution in [0.5, 0.6) is 0 Å². The van der Waals surface area contributed by atoms with E-state index in [4.69, 9.17) is 5.11 Å². The highest BCUT2D eigenvalue weighted by Gasteiger charge is 2.09. The third-order valence-corrected chi connectivity index (χ3v) is 2.16. The molecular weight excluding hydrogens is 208 g/mol. The summed E-state index contributed by atoms with van der Waals surface area (Å²) in [5.74, 6) is -0.608. The van der Waals surface area contributed by atoms with Gasteiger partial charge in [0.2, 0.25) is 5.82 Å². The van der Waals surface area contributed by atoms with E-state index >= 15 is 0 Å². The first-order valence-corrected chi connectivity index (χ1v) is 4.79. The number of carbonyl (C=O) groups is 1. The van der Waals surface area contributed by atoms with Crippen LogP contribution < -0.4 is 0 Å². The summed E-state index contributed by atoms with van der Waals surface area (Å²) in [5.41, 5.74) is 0.705. The van der Waals surface area contributed by atoms with Gasteiger partial charge in [-0.15, -0.1) is 0 Å². The summed E-state index contributed by atoms with van der Waals surface area (Å²) in [6.45, 7) is 2.79. The lowest BCUT2D eigenvalue weighted by atomic mass is 10.3. The lowest BCUT2D eigenvalue weighted by Crippen LogP contribution is -2.04. The molecular formula is C10H10N4O2. The molecule has 2 aromatic heterocycles. The molecule has 0 spiro atoms. The van der Waals surface area contributed by atoms with E-state index in [9.17, 15) is 4.79 Å². The summed E-state index contributed by atoms with van der Waals surface area (Å²) >= 11 is 0. The van der Waals surface area contributed by atoms with E-state index in [2.05, 4.69) is 15.0 Å². The summed E-state index contributed by atoms with van der Waals surface area (Å²) in [6.07, 6.45) is 6.46. The average Bonchev–Trinajstić information content (AvgIpc) is 2.77. The van der Waals surface area contributed by atoms with Crippen molar-refractivity contribution in [1.82, 2.24) is 19.5 Å². The van der Waals surface area contributed by atoms with E-state index in [1.54, 1.807) is 6.20 Å². The molecule has 0 saturated heterocycles. The number of aryl methyl sites for hydroxylation is 1. The van der Waals surface area contributed by atoms with Crippen LogP contribution in [0, 0.1) is 0 Å². The van der Waals surface area contributed by atoms with Gasteiger partial charge in [-0.3, -0.25) is 0 Å². The molecule has 6 heteroatoms. The normalized spacial score (nSPS) is 10.3. The van der Waals surface area contributed by atoms with Crippen molar-refractivity contribution in [2.45, 2.75) is 13.5 Å². The van der Waals surface area contributed by atoms with Crippen molar-refractivity contribution in [3.05, 3.63) is 30.6 Å². The number of hydrogen-bond donors (Lipinski definition) is 1. The van der Waals surface area contributed by atoms with Crippen molar-refractivity contribution < 1.29 is 9.90 Å². The maximum atomic E-state index is 10.6. The van der Waals surface area contributed by atoms with Crippen molar-refractivity contribution in [3.8, 4) is 11.4 Å². The van der Waals surface area contributed by atoms with E-state index in [1.165, 1.54) is 12.4 Å². The Morgan fingerprint density at radius 3 is 2.62 bits per heavy atom. The maximum Gasteiger partial charge on any atom is 0.373 e. The Morgan fingerprint density at radius 2 is 2.06 bits per heavy atom. The Labute approximate surface area is 91.6 Å². The molecule has 82 valence electrons. The van der Waals surface area contributed by atoms with Gasteiger partial charge >= 0.3 is 5.97 Å². The third-order valence-electron chi connectivity index (χ3n) is 2.16. The molecule has 0 fully saturated rings. The van der Waals surface area contributed by atoms with E-state index < -0.39 is 5.97 Å². The zero-order chi connectivity index (χ0) is 11.5. The first-order chi connectivity index (χ1) is 7.72. The highest BCUT2D eigenvalue weighted by atomic mass is 16.4. The van der Waals surface area contributed by atoms with Gasteiger partial charge in [-0.1, -0.05) is 0 Å². The summed E-state index contributed by atoms with van der Waals surface area (Å²) in [7, 11) is 0. The number of hydrogen-bond acceptors (Lipinski definition) is 4. The van der Waals surface area contributed by atoms with Gasteiger partial charge in [-0.05, 0) is 6.92 Å². The van der Waals surface area contributed by atoms with Gasteiger partial charge < -0.3 is 9.67 Å². The van der Waals surface area contributed by atoms with Crippen molar-refractivity contribution in [2.24, 2.45) is 0 Å². The summed E-state index contributed by atoms with van der Waals surface area (Å²) in [6, 6.07) is 0. The van der Waals surface area contributed by atoms with Gasteiger partial charge in [0.25, 0.3) is 0 Å². The third kappa shape index (κ3) is 1.77. The molecule has 0 atom stereocenters. The number of nitrogens with zero attached hydrogens (tertiary/aromatic N) is 4. The van der Waals surface area contributed by atoms with Gasteiger partial charge in [-0.25, -0.2) is 19.7 Å². The second-order valence-corrected chi connectivity index (χ2v) is 3.14. The molecule has 0 radical (unpaired) electrons. The molecule has 2 heterocycles. The molecule has 0 aliphatic rings. The van der Waals surface area contributed by atoms with Crippen molar-refractivity contribution in [1.29, 1.82) is 0 Å². The SMILES string of the molecule is CCn1ccnc1-c1cnc(C(=O)O)nc1. The summed E-state index contributed by atoms with van der Waals surface area (Å²) < 4.78 is 1.93. The quantitative estimate of drug-likeness (QED) is 0.833. The fraction of sp³-hybridized carbons (Fsp3) is 0.200. The van der Waals surface area contributed by atoms with Gasteiger partial charge in [0.1, 0.15) is 5.82 Å². The minimum Gasteiger partial charge on any atom is -0.475 e. The molecule has 0 unspecified atom stereocenters. The highest BCUT2D eigenvalue weighted by molar-refractivity contribution is 5.83. The van der Waals surface area contributed by atoms with Crippen LogP contribution in [-0.2, 0) is 6.54 Å². The fourth-order valence-corrected chi connectivity index (χ4v) is 1.38. The van der Waals surface area contributed by atoms with E-state index in [0.717, 1.165) is 12.4 Å². The first-order valence-electron chi connectivity index (χ1n) is 4.79. The average molecular weight is 218 g/mol. The van der Waals surface area contributed by atoms with Crippen LogP contribution in [-0.4, -0.2) is 30.6 Å². The Kier molecular flexibility index (Phi) is 2.63. The smallest absolute Gasteiger partial charge is 0.373 e. The fourth-order valence-electron chi connectivity index (χ4n) is 1.38. The number of aromatic nitrogens is 4.